The number of thiazole rings is 1. The molecule has 7 nitrogen and oxygen atoms in total. The van der Waals surface area contributed by atoms with Gasteiger partial charge in [-0.3, -0.25) is 9.89 Å². The standard InChI is InChI=1S/C17H31N7S.HI/c1-3-21-5-7-22(8-6-21)15(2)14-20-16(18)23-9-11-24(12-10-23)17-19-4-13-25-17;/h4,13,15H,3,5-12,14H2,1-2H3,(H2,18,20);1H. The number of piperazine rings is 2. The number of likely N-dealkylation sites (N-methyl/N-ethyl adjacent to an activating group) is 1. The van der Waals surface area contributed by atoms with Gasteiger partial charge in [0.15, 0.2) is 11.1 Å². The van der Waals surface area contributed by atoms with Gasteiger partial charge in [0, 0.05) is 70.0 Å². The smallest absolute Gasteiger partial charge is 0.191 e. The number of nitrogens with two attached hydrogens (primary N) is 1. The zero-order chi connectivity index (χ0) is 17.6. The summed E-state index contributed by atoms with van der Waals surface area (Å²) in [6, 6.07) is 0.453. The van der Waals surface area contributed by atoms with Crippen LogP contribution in [0.3, 0.4) is 0 Å². The van der Waals surface area contributed by atoms with Crippen LogP contribution in [0.1, 0.15) is 13.8 Å². The predicted octanol–water partition coefficient (Wildman–Crippen LogP) is 1.22. The normalized spacial score (nSPS) is 21.5. The van der Waals surface area contributed by atoms with Gasteiger partial charge in [-0.25, -0.2) is 4.98 Å². The molecule has 0 saturated carbocycles. The van der Waals surface area contributed by atoms with E-state index in [-0.39, 0.29) is 24.0 Å². The van der Waals surface area contributed by atoms with E-state index in [1.807, 2.05) is 11.6 Å². The van der Waals surface area contributed by atoms with Crippen molar-refractivity contribution in [3.63, 3.8) is 0 Å². The highest BCUT2D eigenvalue weighted by Gasteiger charge is 2.22. The largest absolute Gasteiger partial charge is 0.370 e. The summed E-state index contributed by atoms with van der Waals surface area (Å²) < 4.78 is 0. The second kappa shape index (κ2) is 10.6. The zero-order valence-electron chi connectivity index (χ0n) is 15.9. The number of anilines is 1. The Kier molecular flexibility index (Phi) is 8.85. The molecule has 0 aromatic carbocycles. The van der Waals surface area contributed by atoms with E-state index in [9.17, 15) is 0 Å². The second-order valence-electron chi connectivity index (χ2n) is 6.81. The van der Waals surface area contributed by atoms with Gasteiger partial charge in [0.2, 0.25) is 0 Å². The first-order valence-electron chi connectivity index (χ1n) is 9.33. The molecule has 2 fully saturated rings. The lowest BCUT2D eigenvalue weighted by molar-refractivity contribution is 0.109. The van der Waals surface area contributed by atoms with Crippen LogP contribution >= 0.6 is 35.3 Å². The molecule has 0 bridgehead atoms. The molecule has 1 aromatic rings. The van der Waals surface area contributed by atoms with Gasteiger partial charge < -0.3 is 20.4 Å². The Balaban J connectivity index is 0.00000243. The molecule has 0 amide bonds. The Labute approximate surface area is 178 Å². The van der Waals surface area contributed by atoms with Crippen molar-refractivity contribution in [2.45, 2.75) is 19.9 Å². The molecule has 2 saturated heterocycles. The molecule has 0 aliphatic carbocycles. The summed E-state index contributed by atoms with van der Waals surface area (Å²) in [5, 5.41) is 3.13. The summed E-state index contributed by atoms with van der Waals surface area (Å²) in [7, 11) is 0. The van der Waals surface area contributed by atoms with Crippen molar-refractivity contribution in [2.75, 3.05) is 70.3 Å². The fourth-order valence-corrected chi connectivity index (χ4v) is 4.16. The number of guanidine groups is 1. The van der Waals surface area contributed by atoms with Crippen LogP contribution in [0.5, 0.6) is 0 Å². The Morgan fingerprint density at radius 2 is 1.88 bits per heavy atom. The fourth-order valence-electron chi connectivity index (χ4n) is 3.46. The van der Waals surface area contributed by atoms with E-state index in [4.69, 9.17) is 5.73 Å². The second-order valence-corrected chi connectivity index (χ2v) is 7.68. The third-order valence-corrected chi connectivity index (χ3v) is 6.12. The summed E-state index contributed by atoms with van der Waals surface area (Å²) in [6.45, 7) is 14.8. The molecule has 0 spiro atoms. The van der Waals surface area contributed by atoms with Crippen LogP contribution in [-0.2, 0) is 0 Å². The minimum absolute atomic E-state index is 0. The highest BCUT2D eigenvalue weighted by atomic mass is 127. The summed E-state index contributed by atoms with van der Waals surface area (Å²) in [6.07, 6.45) is 1.86. The van der Waals surface area contributed by atoms with E-state index in [1.54, 1.807) is 11.3 Å². The van der Waals surface area contributed by atoms with E-state index in [0.717, 1.165) is 57.5 Å². The third-order valence-electron chi connectivity index (χ3n) is 5.29. The Morgan fingerprint density at radius 3 is 2.46 bits per heavy atom. The molecule has 1 atom stereocenters. The van der Waals surface area contributed by atoms with Crippen molar-refractivity contribution in [1.29, 1.82) is 0 Å². The molecule has 2 N–H and O–H groups in total. The van der Waals surface area contributed by atoms with Crippen molar-refractivity contribution < 1.29 is 0 Å². The number of hydrogen-bond acceptors (Lipinski definition) is 6. The van der Waals surface area contributed by atoms with Gasteiger partial charge in [0.1, 0.15) is 0 Å². The maximum absolute atomic E-state index is 6.25. The van der Waals surface area contributed by atoms with Crippen LogP contribution in [0.15, 0.2) is 16.6 Å². The summed E-state index contributed by atoms with van der Waals surface area (Å²) in [5.74, 6) is 0.692. The molecule has 9 heteroatoms. The average Bonchev–Trinajstić information content (AvgIpc) is 3.21. The Hall–Kier alpha value is -0.650. The molecular weight excluding hydrogens is 461 g/mol. The molecule has 3 heterocycles. The van der Waals surface area contributed by atoms with Gasteiger partial charge in [0.05, 0.1) is 6.54 Å². The van der Waals surface area contributed by atoms with Crippen LogP contribution < -0.4 is 10.6 Å². The van der Waals surface area contributed by atoms with Crippen molar-refractivity contribution in [1.82, 2.24) is 19.7 Å². The van der Waals surface area contributed by atoms with E-state index in [0.29, 0.717) is 12.0 Å². The van der Waals surface area contributed by atoms with Gasteiger partial charge >= 0.3 is 0 Å². The van der Waals surface area contributed by atoms with E-state index in [1.165, 1.54) is 13.1 Å². The van der Waals surface area contributed by atoms with Crippen LogP contribution in [-0.4, -0.2) is 97.1 Å². The first-order valence-corrected chi connectivity index (χ1v) is 10.2. The highest BCUT2D eigenvalue weighted by molar-refractivity contribution is 14.0. The minimum Gasteiger partial charge on any atom is -0.370 e. The summed E-state index contributed by atoms with van der Waals surface area (Å²) in [5.41, 5.74) is 6.25. The zero-order valence-corrected chi connectivity index (χ0v) is 19.0. The molecule has 1 unspecified atom stereocenters. The van der Waals surface area contributed by atoms with Crippen molar-refractivity contribution >= 4 is 46.4 Å². The van der Waals surface area contributed by atoms with Gasteiger partial charge in [-0.05, 0) is 13.5 Å². The monoisotopic (exact) mass is 493 g/mol. The fraction of sp³-hybridized carbons (Fsp3) is 0.765. The van der Waals surface area contributed by atoms with Crippen molar-refractivity contribution in [2.24, 2.45) is 10.7 Å². The summed E-state index contributed by atoms with van der Waals surface area (Å²) >= 11 is 1.70. The highest BCUT2D eigenvalue weighted by Crippen LogP contribution is 2.18. The molecule has 2 aliphatic rings. The average molecular weight is 493 g/mol. The van der Waals surface area contributed by atoms with Gasteiger partial charge in [-0.15, -0.1) is 35.3 Å². The van der Waals surface area contributed by atoms with Crippen molar-refractivity contribution in [3.8, 4) is 0 Å². The number of halogens is 1. The number of nitrogens with zero attached hydrogens (tertiary/aromatic N) is 6. The molecule has 3 rings (SSSR count). The van der Waals surface area contributed by atoms with Crippen LogP contribution in [0.4, 0.5) is 5.13 Å². The lowest BCUT2D eigenvalue weighted by Crippen LogP contribution is -2.52. The van der Waals surface area contributed by atoms with Gasteiger partial charge in [-0.2, -0.15) is 0 Å². The van der Waals surface area contributed by atoms with Crippen molar-refractivity contribution in [3.05, 3.63) is 11.6 Å². The van der Waals surface area contributed by atoms with E-state index in [2.05, 4.69) is 43.4 Å². The first-order chi connectivity index (χ1) is 12.2. The maximum atomic E-state index is 6.25. The number of rotatable bonds is 5. The minimum atomic E-state index is 0. The molecule has 0 radical (unpaired) electrons. The predicted molar refractivity (Wildman–Crippen MR) is 121 cm³/mol. The molecular formula is C17H32IN7S. The van der Waals surface area contributed by atoms with Gasteiger partial charge in [0.25, 0.3) is 0 Å². The maximum Gasteiger partial charge on any atom is 0.191 e. The van der Waals surface area contributed by atoms with Crippen LogP contribution in [0, 0.1) is 0 Å². The topological polar surface area (TPSA) is 64.2 Å². The SMILES string of the molecule is CCN1CCN(C(C)CN=C(N)N2CCN(c3nccs3)CC2)CC1.I. The lowest BCUT2D eigenvalue weighted by Gasteiger charge is -2.37. The number of aliphatic imine (C=N–C) groups is 1. The molecule has 26 heavy (non-hydrogen) atoms. The lowest BCUT2D eigenvalue weighted by atomic mass is 10.2. The Bertz CT molecular complexity index is 537. The molecule has 1 aromatic heterocycles. The summed E-state index contributed by atoms with van der Waals surface area (Å²) in [4.78, 5) is 18.6. The quantitative estimate of drug-likeness (QED) is 0.378. The van der Waals surface area contributed by atoms with Crippen LogP contribution in [0.2, 0.25) is 0 Å². The first kappa shape index (κ1) is 21.6. The Morgan fingerprint density at radius 1 is 1.19 bits per heavy atom. The van der Waals surface area contributed by atoms with E-state index < -0.39 is 0 Å². The number of aromatic nitrogens is 1. The number of hydrogen-bond donors (Lipinski definition) is 1. The third kappa shape index (κ3) is 5.67. The molecule has 148 valence electrons. The van der Waals surface area contributed by atoms with Crippen LogP contribution in [0.25, 0.3) is 0 Å². The van der Waals surface area contributed by atoms with Gasteiger partial charge in [-0.1, -0.05) is 6.92 Å². The molecule has 2 aliphatic heterocycles. The van der Waals surface area contributed by atoms with E-state index >= 15 is 0 Å².